The Morgan fingerprint density at radius 1 is 0.885 bits per heavy atom. The molecule has 1 aromatic carbocycles. The summed E-state index contributed by atoms with van der Waals surface area (Å²) in [5.41, 5.74) is 26.8. The third-order valence-electron chi connectivity index (χ3n) is 2.43. The van der Waals surface area contributed by atoms with Crippen molar-refractivity contribution in [2.75, 3.05) is 0 Å². The minimum absolute atomic E-state index is 0.0924. The molecule has 132 valence electrons. The Morgan fingerprint density at radius 2 is 1.23 bits per heavy atom. The van der Waals surface area contributed by atoms with Crippen LogP contribution in [0.15, 0.2) is 46.4 Å². The normalized spacial score (nSPS) is 12.1. The molecule has 1 heterocycles. The van der Waals surface area contributed by atoms with Crippen molar-refractivity contribution in [3.8, 4) is 0 Å². The van der Waals surface area contributed by atoms with E-state index in [1.807, 2.05) is 0 Å². The molecule has 1 aliphatic carbocycles. The summed E-state index contributed by atoms with van der Waals surface area (Å²) in [6, 6.07) is 6.84. The van der Waals surface area contributed by atoms with Crippen LogP contribution in [0.5, 0.6) is 0 Å². The summed E-state index contributed by atoms with van der Waals surface area (Å²) in [5, 5.41) is -0.148. The first-order valence-corrected chi connectivity index (χ1v) is 7.38. The Labute approximate surface area is 147 Å². The number of fused-ring (bicyclic) bond motifs is 1. The molecule has 0 amide bonds. The number of carbonyl (C=O) groups is 2. The van der Waals surface area contributed by atoms with E-state index in [1.165, 1.54) is 29.5 Å². The third-order valence-corrected chi connectivity index (χ3v) is 2.94. The molecule has 0 fully saturated rings. The fourth-order valence-corrected chi connectivity index (χ4v) is 1.85. The van der Waals surface area contributed by atoms with Gasteiger partial charge < -0.3 is 11.1 Å². The Bertz CT molecular complexity index is 908. The number of rotatable bonds is 0. The van der Waals surface area contributed by atoms with Gasteiger partial charge in [-0.25, -0.2) is 9.98 Å². The van der Waals surface area contributed by atoms with Crippen LogP contribution in [0.1, 0.15) is 20.7 Å². The minimum Gasteiger partial charge on any atom is -0.373 e. The van der Waals surface area contributed by atoms with Gasteiger partial charge in [-0.05, 0) is 22.6 Å². The minimum atomic E-state index is -2.27. The van der Waals surface area contributed by atoms with Crippen LogP contribution < -0.4 is 0 Å². The summed E-state index contributed by atoms with van der Waals surface area (Å²) >= 11 is 0. The van der Waals surface area contributed by atoms with Gasteiger partial charge in [0.25, 0.3) is 15.4 Å². The first-order valence-electron chi connectivity index (χ1n) is 6.30. The number of hydrogen-bond donors (Lipinski definition) is 1. The predicted octanol–water partition coefficient (Wildman–Crippen LogP) is 2.47. The molecule has 26 heavy (non-hydrogen) atoms. The van der Waals surface area contributed by atoms with Crippen LogP contribution in [-0.4, -0.2) is 37.5 Å². The van der Waals surface area contributed by atoms with Crippen LogP contribution in [0.4, 0.5) is 0 Å². The van der Waals surface area contributed by atoms with Crippen LogP contribution in [0.3, 0.4) is 0 Å². The number of ketones is 2. The number of hydrogen-bond acceptors (Lipinski definition) is 5. The van der Waals surface area contributed by atoms with Crippen molar-refractivity contribution in [3.63, 3.8) is 0 Å². The molecule has 0 radical (unpaired) electrons. The van der Waals surface area contributed by atoms with Crippen LogP contribution in [0.25, 0.3) is 26.4 Å². The number of carbonyl (C=O) groups excluding carboxylic acids is 2. The molecule has 1 aromatic rings. The maximum Gasteiger partial charge on any atom is 0.275 e. The topological polar surface area (TPSA) is 212 Å². The Morgan fingerprint density at radius 3 is 1.50 bits per heavy atom. The van der Waals surface area contributed by atoms with Gasteiger partial charge >= 0.3 is 0 Å². The van der Waals surface area contributed by atoms with Crippen LogP contribution in [0, 0.1) is 5.53 Å². The van der Waals surface area contributed by atoms with Crippen molar-refractivity contribution in [1.82, 2.24) is 0 Å². The van der Waals surface area contributed by atoms with Gasteiger partial charge in [0.2, 0.25) is 0 Å². The number of benzene rings is 1. The molecule has 2 aliphatic rings. The van der Waals surface area contributed by atoms with E-state index in [2.05, 4.69) is 9.98 Å². The summed E-state index contributed by atoms with van der Waals surface area (Å²) in [5.74, 6) is -0.185. The predicted molar refractivity (Wildman–Crippen MR) is 94.7 cm³/mol. The Balaban J connectivity index is 0.000000387. The second-order valence-corrected chi connectivity index (χ2v) is 4.71. The molecule has 0 saturated heterocycles. The van der Waals surface area contributed by atoms with Crippen LogP contribution in [0.2, 0.25) is 0 Å². The monoisotopic (exact) mass is 373 g/mol. The lowest BCUT2D eigenvalue weighted by molar-refractivity contribution is 0.0994. The van der Waals surface area contributed by atoms with Crippen molar-refractivity contribution in [3.05, 3.63) is 74.0 Å². The summed E-state index contributed by atoms with van der Waals surface area (Å²) in [4.78, 5) is 32.4. The number of allylic oxidation sites excluding steroid dienone is 2. The lowest BCUT2D eigenvalue weighted by atomic mass is 9.95. The van der Waals surface area contributed by atoms with Crippen LogP contribution >= 0.6 is 0 Å². The van der Waals surface area contributed by atoms with E-state index in [9.17, 15) is 18.0 Å². The van der Waals surface area contributed by atoms with Gasteiger partial charge in [0.05, 0.1) is 0 Å². The van der Waals surface area contributed by atoms with Crippen molar-refractivity contribution in [1.29, 1.82) is 5.53 Å². The van der Waals surface area contributed by atoms with Gasteiger partial charge in [-0.15, -0.1) is 5.53 Å². The SMILES string of the molecule is O=C1C=CC(=O)c2ccccc21.O=S(=O)=C1N=CC=N1.[N-]=[N+]=N.[N-]=[N+]=[N-]. The smallest absolute Gasteiger partial charge is 0.275 e. The second-order valence-electron chi connectivity index (χ2n) is 3.87. The molecule has 3 rings (SSSR count). The van der Waals surface area contributed by atoms with E-state index in [1.54, 1.807) is 29.2 Å². The fraction of sp³-hybridized carbons (Fsp3) is 0. The molecular formula is C13H9N8O4S-. The van der Waals surface area contributed by atoms with E-state index in [0.29, 0.717) is 11.1 Å². The summed E-state index contributed by atoms with van der Waals surface area (Å²) in [6.45, 7) is 0. The summed E-state index contributed by atoms with van der Waals surface area (Å²) in [7, 11) is -2.27. The quantitative estimate of drug-likeness (QED) is 0.314. The molecule has 0 saturated carbocycles. The lowest BCUT2D eigenvalue weighted by Gasteiger charge is -2.06. The highest BCUT2D eigenvalue weighted by atomic mass is 32.2. The van der Waals surface area contributed by atoms with E-state index in [4.69, 9.17) is 22.1 Å². The molecule has 0 aromatic heterocycles. The molecule has 12 nitrogen and oxygen atoms in total. The zero-order valence-corrected chi connectivity index (χ0v) is 13.6. The average Bonchev–Trinajstić information content (AvgIpc) is 3.16. The number of nitrogens with one attached hydrogen (secondary N) is 1. The molecular weight excluding hydrogens is 364 g/mol. The Hall–Kier alpha value is -4.05. The highest BCUT2D eigenvalue weighted by molar-refractivity contribution is 7.73. The second kappa shape index (κ2) is 12.4. The molecule has 0 bridgehead atoms. The zero-order chi connectivity index (χ0) is 19.9. The van der Waals surface area contributed by atoms with Crippen molar-refractivity contribution >= 4 is 39.4 Å². The van der Waals surface area contributed by atoms with E-state index >= 15 is 0 Å². The maximum atomic E-state index is 11.2. The maximum absolute atomic E-state index is 11.2. The standard InChI is InChI=1S/C10H6O2.C3H2N2O2S.HN3.N3/c11-9-5-6-10(12)8-4-2-1-3-7(8)9;6-8(7)3-4-1-2-5-3;2*1-3-2/h1-6H;1-2H;1H;/q;;;-1. The first kappa shape index (κ1) is 21.9. The van der Waals surface area contributed by atoms with Gasteiger partial charge in [0.15, 0.2) is 11.6 Å². The number of aliphatic imine (C=N–C) groups is 2. The summed E-state index contributed by atoms with van der Waals surface area (Å²) < 4.78 is 19.9. The van der Waals surface area contributed by atoms with Gasteiger partial charge in [-0.2, -0.15) is 8.42 Å². The molecule has 1 aliphatic heterocycles. The molecule has 13 heteroatoms. The highest BCUT2D eigenvalue weighted by Crippen LogP contribution is 2.15. The fourth-order valence-electron chi connectivity index (χ4n) is 1.56. The summed E-state index contributed by atoms with van der Waals surface area (Å²) in [6.07, 6.45) is 5.27. The molecule has 0 unspecified atom stereocenters. The van der Waals surface area contributed by atoms with Gasteiger partial charge in [-0.3, -0.25) is 14.5 Å². The van der Waals surface area contributed by atoms with E-state index < -0.39 is 10.3 Å². The van der Waals surface area contributed by atoms with Gasteiger partial charge in [0.1, 0.15) is 0 Å². The van der Waals surface area contributed by atoms with Crippen molar-refractivity contribution < 1.29 is 18.0 Å². The zero-order valence-electron chi connectivity index (χ0n) is 12.8. The van der Waals surface area contributed by atoms with Crippen molar-refractivity contribution in [2.24, 2.45) is 9.98 Å². The largest absolute Gasteiger partial charge is 0.373 e. The van der Waals surface area contributed by atoms with Crippen LogP contribution in [-0.2, 0) is 10.3 Å². The molecule has 1 N–H and O–H groups in total. The van der Waals surface area contributed by atoms with E-state index in [0.717, 1.165) is 0 Å². The average molecular weight is 373 g/mol. The van der Waals surface area contributed by atoms with Crippen molar-refractivity contribution in [2.45, 2.75) is 0 Å². The van der Waals surface area contributed by atoms with Gasteiger partial charge in [0, 0.05) is 23.6 Å². The first-order chi connectivity index (χ1) is 12.4. The van der Waals surface area contributed by atoms with Gasteiger partial charge in [-0.1, -0.05) is 24.3 Å². The molecule has 0 spiro atoms. The highest BCUT2D eigenvalue weighted by Gasteiger charge is 2.16. The number of nitrogens with zero attached hydrogens (tertiary/aromatic N) is 7. The van der Waals surface area contributed by atoms with E-state index in [-0.39, 0.29) is 16.7 Å². The third kappa shape index (κ3) is 7.48. The lowest BCUT2D eigenvalue weighted by Crippen LogP contribution is -2.10. The molecule has 0 atom stereocenters. The Kier molecular flexibility index (Phi) is 10.5.